The molecule has 0 amide bonds. The standard InChI is InChI=1S/C8H6BrClN2S/c1-2-5-11-6-4(9)3-13-7(6)8(10)12-5/h3H,2H2,1H3. The molecule has 0 aliphatic rings. The molecule has 0 radical (unpaired) electrons. The van der Waals surface area contributed by atoms with Crippen molar-refractivity contribution >= 4 is 49.1 Å². The third-order valence-corrected chi connectivity index (χ3v) is 3.96. The highest BCUT2D eigenvalue weighted by Crippen LogP contribution is 2.32. The zero-order valence-corrected chi connectivity index (χ0v) is 10.0. The van der Waals surface area contributed by atoms with Gasteiger partial charge in [-0.3, -0.25) is 0 Å². The predicted molar refractivity (Wildman–Crippen MR) is 59.5 cm³/mol. The molecule has 2 nitrogen and oxygen atoms in total. The summed E-state index contributed by atoms with van der Waals surface area (Å²) in [5.74, 6) is 0.789. The van der Waals surface area contributed by atoms with Gasteiger partial charge in [0.05, 0.1) is 9.17 Å². The van der Waals surface area contributed by atoms with Crippen LogP contribution < -0.4 is 0 Å². The molecule has 5 heteroatoms. The molecule has 0 saturated carbocycles. The quantitative estimate of drug-likeness (QED) is 0.743. The highest BCUT2D eigenvalue weighted by molar-refractivity contribution is 9.10. The Morgan fingerprint density at radius 3 is 3.00 bits per heavy atom. The van der Waals surface area contributed by atoms with Crippen LogP contribution in [0.25, 0.3) is 10.2 Å². The molecular formula is C8H6BrClN2S. The van der Waals surface area contributed by atoms with Crippen molar-refractivity contribution in [3.63, 3.8) is 0 Å². The molecule has 0 atom stereocenters. The Bertz CT molecular complexity index is 455. The fourth-order valence-electron chi connectivity index (χ4n) is 1.06. The van der Waals surface area contributed by atoms with Gasteiger partial charge >= 0.3 is 0 Å². The van der Waals surface area contributed by atoms with E-state index in [-0.39, 0.29) is 0 Å². The van der Waals surface area contributed by atoms with Crippen molar-refractivity contribution < 1.29 is 0 Å². The number of aromatic nitrogens is 2. The van der Waals surface area contributed by atoms with Crippen molar-refractivity contribution in [1.29, 1.82) is 0 Å². The largest absolute Gasteiger partial charge is 0.231 e. The van der Waals surface area contributed by atoms with Crippen molar-refractivity contribution in [2.75, 3.05) is 0 Å². The molecule has 0 fully saturated rings. The maximum absolute atomic E-state index is 5.99. The molecule has 0 bridgehead atoms. The van der Waals surface area contributed by atoms with E-state index in [1.165, 1.54) is 0 Å². The highest BCUT2D eigenvalue weighted by atomic mass is 79.9. The fourth-order valence-corrected chi connectivity index (χ4v) is 2.82. The van der Waals surface area contributed by atoms with Crippen LogP contribution in [0.4, 0.5) is 0 Å². The first-order chi connectivity index (χ1) is 6.22. The van der Waals surface area contributed by atoms with E-state index < -0.39 is 0 Å². The van der Waals surface area contributed by atoms with E-state index in [1.54, 1.807) is 11.3 Å². The van der Waals surface area contributed by atoms with Gasteiger partial charge in [-0.15, -0.1) is 11.3 Å². The Kier molecular flexibility index (Phi) is 2.53. The van der Waals surface area contributed by atoms with Gasteiger partial charge in [-0.25, -0.2) is 9.97 Å². The number of rotatable bonds is 1. The number of aryl methyl sites for hydroxylation is 1. The lowest BCUT2D eigenvalue weighted by Gasteiger charge is -1.97. The van der Waals surface area contributed by atoms with Gasteiger partial charge in [0.1, 0.15) is 11.3 Å². The van der Waals surface area contributed by atoms with Gasteiger partial charge in [0.25, 0.3) is 0 Å². The third-order valence-electron chi connectivity index (χ3n) is 1.69. The second-order valence-electron chi connectivity index (χ2n) is 2.55. The first-order valence-electron chi connectivity index (χ1n) is 3.81. The summed E-state index contributed by atoms with van der Waals surface area (Å²) in [6.07, 6.45) is 0.804. The van der Waals surface area contributed by atoms with E-state index in [2.05, 4.69) is 25.9 Å². The third kappa shape index (κ3) is 1.58. The fraction of sp³-hybridized carbons (Fsp3) is 0.250. The summed E-state index contributed by atoms with van der Waals surface area (Å²) in [7, 11) is 0. The number of hydrogen-bond acceptors (Lipinski definition) is 3. The van der Waals surface area contributed by atoms with Crippen molar-refractivity contribution in [3.05, 3.63) is 20.8 Å². The van der Waals surface area contributed by atoms with Crippen LogP contribution in [-0.2, 0) is 6.42 Å². The topological polar surface area (TPSA) is 25.8 Å². The minimum Gasteiger partial charge on any atom is -0.231 e. The average molecular weight is 278 g/mol. The van der Waals surface area contributed by atoms with Crippen LogP contribution in [0.3, 0.4) is 0 Å². The van der Waals surface area contributed by atoms with E-state index in [0.29, 0.717) is 5.15 Å². The Morgan fingerprint density at radius 2 is 2.31 bits per heavy atom. The Morgan fingerprint density at radius 1 is 1.54 bits per heavy atom. The van der Waals surface area contributed by atoms with Crippen molar-refractivity contribution in [1.82, 2.24) is 9.97 Å². The minimum atomic E-state index is 0.553. The summed E-state index contributed by atoms with van der Waals surface area (Å²) >= 11 is 11.0. The highest BCUT2D eigenvalue weighted by Gasteiger charge is 2.09. The molecule has 0 unspecified atom stereocenters. The summed E-state index contributed by atoms with van der Waals surface area (Å²) in [4.78, 5) is 8.56. The van der Waals surface area contributed by atoms with E-state index in [1.807, 2.05) is 12.3 Å². The Balaban J connectivity index is 2.80. The van der Waals surface area contributed by atoms with Gasteiger partial charge in [0.2, 0.25) is 0 Å². The zero-order chi connectivity index (χ0) is 9.42. The van der Waals surface area contributed by atoms with Crippen molar-refractivity contribution in [2.45, 2.75) is 13.3 Å². The van der Waals surface area contributed by atoms with E-state index in [0.717, 1.165) is 26.9 Å². The number of fused-ring (bicyclic) bond motifs is 1. The summed E-state index contributed by atoms with van der Waals surface area (Å²) < 4.78 is 1.94. The van der Waals surface area contributed by atoms with Gasteiger partial charge in [0.15, 0.2) is 5.15 Å². The molecule has 13 heavy (non-hydrogen) atoms. The lowest BCUT2D eigenvalue weighted by Crippen LogP contribution is -1.92. The van der Waals surface area contributed by atoms with E-state index in [4.69, 9.17) is 11.6 Å². The van der Waals surface area contributed by atoms with Gasteiger partial charge in [-0.1, -0.05) is 18.5 Å². The SMILES string of the molecule is CCc1nc(Cl)c2scc(Br)c2n1. The monoisotopic (exact) mass is 276 g/mol. The average Bonchev–Trinajstić information content (AvgIpc) is 2.48. The summed E-state index contributed by atoms with van der Waals surface area (Å²) in [5, 5.41) is 2.53. The molecular weight excluding hydrogens is 272 g/mol. The van der Waals surface area contributed by atoms with Crippen LogP contribution in [-0.4, -0.2) is 9.97 Å². The zero-order valence-electron chi connectivity index (χ0n) is 6.84. The van der Waals surface area contributed by atoms with E-state index in [9.17, 15) is 0 Å². The lowest BCUT2D eigenvalue weighted by molar-refractivity contribution is 0.962. The lowest BCUT2D eigenvalue weighted by atomic mass is 10.4. The number of halogens is 2. The van der Waals surface area contributed by atoms with Gasteiger partial charge < -0.3 is 0 Å². The predicted octanol–water partition coefficient (Wildman–Crippen LogP) is 3.67. The normalized spacial score (nSPS) is 11.0. The van der Waals surface area contributed by atoms with E-state index >= 15 is 0 Å². The number of hydrogen-bond donors (Lipinski definition) is 0. The van der Waals surface area contributed by atoms with Crippen molar-refractivity contribution in [3.8, 4) is 0 Å². The van der Waals surface area contributed by atoms with Crippen molar-refractivity contribution in [2.24, 2.45) is 0 Å². The Hall–Kier alpha value is -0.190. The second-order valence-corrected chi connectivity index (χ2v) is 4.64. The van der Waals surface area contributed by atoms with Crippen LogP contribution in [0.5, 0.6) is 0 Å². The van der Waals surface area contributed by atoms with Crippen LogP contribution in [0.2, 0.25) is 5.15 Å². The molecule has 2 aromatic heterocycles. The van der Waals surface area contributed by atoms with Gasteiger partial charge in [-0.05, 0) is 15.9 Å². The summed E-state index contributed by atoms with van der Waals surface area (Å²) in [5.41, 5.74) is 0.918. The molecule has 2 aromatic rings. The second kappa shape index (κ2) is 3.52. The molecule has 0 aliphatic heterocycles. The van der Waals surface area contributed by atoms with Crippen LogP contribution in [0, 0.1) is 0 Å². The smallest absolute Gasteiger partial charge is 0.150 e. The van der Waals surface area contributed by atoms with Gasteiger partial charge in [0, 0.05) is 11.8 Å². The molecule has 2 rings (SSSR count). The molecule has 0 N–H and O–H groups in total. The summed E-state index contributed by atoms with van der Waals surface area (Å²) in [6, 6.07) is 0. The first-order valence-corrected chi connectivity index (χ1v) is 5.86. The van der Waals surface area contributed by atoms with Gasteiger partial charge in [-0.2, -0.15) is 0 Å². The van der Waals surface area contributed by atoms with Crippen LogP contribution in [0.1, 0.15) is 12.7 Å². The molecule has 0 saturated heterocycles. The van der Waals surface area contributed by atoms with Crippen LogP contribution >= 0.6 is 38.9 Å². The Labute approximate surface area is 93.1 Å². The maximum Gasteiger partial charge on any atom is 0.150 e. The molecule has 0 spiro atoms. The minimum absolute atomic E-state index is 0.553. The van der Waals surface area contributed by atoms with Crippen LogP contribution in [0.15, 0.2) is 9.85 Å². The molecule has 2 heterocycles. The maximum atomic E-state index is 5.99. The molecule has 0 aromatic carbocycles. The first kappa shape index (κ1) is 9.37. The number of nitrogens with zero attached hydrogens (tertiary/aromatic N) is 2. The molecule has 0 aliphatic carbocycles. The number of thiophene rings is 1. The summed E-state index contributed by atoms with van der Waals surface area (Å²) in [6.45, 7) is 2.01. The molecule has 68 valence electrons.